The smallest absolute Gasteiger partial charge is 0.160 e. The SMILES string of the molecule is CC(Cl)c1nc2cccnc2n1C1CCCCCCC1. The van der Waals surface area contributed by atoms with Crippen LogP contribution in [0.5, 0.6) is 0 Å². The third kappa shape index (κ3) is 2.69. The highest BCUT2D eigenvalue weighted by atomic mass is 35.5. The molecule has 1 fully saturated rings. The summed E-state index contributed by atoms with van der Waals surface area (Å²) < 4.78 is 2.32. The van der Waals surface area contributed by atoms with Crippen LogP contribution >= 0.6 is 11.6 Å². The monoisotopic (exact) mass is 291 g/mol. The Kier molecular flexibility index (Phi) is 4.25. The summed E-state index contributed by atoms with van der Waals surface area (Å²) in [6.07, 6.45) is 11.0. The number of pyridine rings is 1. The van der Waals surface area contributed by atoms with Gasteiger partial charge in [-0.2, -0.15) is 0 Å². The van der Waals surface area contributed by atoms with Gasteiger partial charge < -0.3 is 4.57 Å². The molecule has 108 valence electrons. The van der Waals surface area contributed by atoms with Gasteiger partial charge in [-0.1, -0.05) is 32.1 Å². The van der Waals surface area contributed by atoms with E-state index in [2.05, 4.69) is 9.55 Å². The maximum Gasteiger partial charge on any atom is 0.160 e. The first-order valence-corrected chi connectivity index (χ1v) is 8.18. The predicted octanol–water partition coefficient (Wildman–Crippen LogP) is 5.02. The highest BCUT2D eigenvalue weighted by Gasteiger charge is 2.22. The summed E-state index contributed by atoms with van der Waals surface area (Å²) in [5, 5.41) is -0.0744. The van der Waals surface area contributed by atoms with Crippen molar-refractivity contribution in [2.24, 2.45) is 0 Å². The molecule has 1 aliphatic rings. The third-order valence-corrected chi connectivity index (χ3v) is 4.47. The van der Waals surface area contributed by atoms with Gasteiger partial charge in [-0.3, -0.25) is 0 Å². The van der Waals surface area contributed by atoms with Crippen LogP contribution in [0.4, 0.5) is 0 Å². The summed E-state index contributed by atoms with van der Waals surface area (Å²) in [5.74, 6) is 0.978. The van der Waals surface area contributed by atoms with E-state index in [0.29, 0.717) is 6.04 Å². The summed E-state index contributed by atoms with van der Waals surface area (Å²) >= 11 is 6.36. The van der Waals surface area contributed by atoms with Crippen molar-refractivity contribution in [3.05, 3.63) is 24.2 Å². The predicted molar refractivity (Wildman–Crippen MR) is 83.2 cm³/mol. The minimum Gasteiger partial charge on any atom is -0.308 e. The second kappa shape index (κ2) is 6.13. The van der Waals surface area contributed by atoms with Gasteiger partial charge in [0.05, 0.1) is 5.38 Å². The minimum absolute atomic E-state index is 0.0744. The van der Waals surface area contributed by atoms with Crippen LogP contribution in [0.15, 0.2) is 18.3 Å². The van der Waals surface area contributed by atoms with Crippen LogP contribution < -0.4 is 0 Å². The number of alkyl halides is 1. The minimum atomic E-state index is -0.0744. The summed E-state index contributed by atoms with van der Waals surface area (Å²) in [4.78, 5) is 9.27. The first-order valence-electron chi connectivity index (χ1n) is 7.74. The molecule has 2 heterocycles. The molecular formula is C16H22ClN3. The Morgan fingerprint density at radius 2 is 1.90 bits per heavy atom. The zero-order valence-electron chi connectivity index (χ0n) is 12.1. The van der Waals surface area contributed by atoms with Gasteiger partial charge in [-0.05, 0) is 31.9 Å². The van der Waals surface area contributed by atoms with E-state index in [-0.39, 0.29) is 5.38 Å². The van der Waals surface area contributed by atoms with Crippen molar-refractivity contribution in [1.29, 1.82) is 0 Å². The lowest BCUT2D eigenvalue weighted by Gasteiger charge is -2.24. The molecule has 2 aromatic heterocycles. The van der Waals surface area contributed by atoms with Crippen LogP contribution in [0.3, 0.4) is 0 Å². The van der Waals surface area contributed by atoms with Crippen molar-refractivity contribution < 1.29 is 0 Å². The molecule has 0 aromatic carbocycles. The van der Waals surface area contributed by atoms with Crippen molar-refractivity contribution >= 4 is 22.8 Å². The van der Waals surface area contributed by atoms with E-state index in [1.54, 1.807) is 0 Å². The molecule has 3 nitrogen and oxygen atoms in total. The molecule has 0 amide bonds. The number of rotatable bonds is 2. The Morgan fingerprint density at radius 3 is 2.60 bits per heavy atom. The normalized spacial score (nSPS) is 19.7. The van der Waals surface area contributed by atoms with Crippen LogP contribution in [0, 0.1) is 0 Å². The van der Waals surface area contributed by atoms with Crippen LogP contribution in [0.2, 0.25) is 0 Å². The van der Waals surface area contributed by atoms with Gasteiger partial charge in [0.1, 0.15) is 11.3 Å². The number of hydrogen-bond acceptors (Lipinski definition) is 2. The fourth-order valence-corrected chi connectivity index (χ4v) is 3.43. The highest BCUT2D eigenvalue weighted by Crippen LogP contribution is 2.33. The van der Waals surface area contributed by atoms with Gasteiger partial charge in [0.15, 0.2) is 5.65 Å². The fraction of sp³-hybridized carbons (Fsp3) is 0.625. The van der Waals surface area contributed by atoms with E-state index in [0.717, 1.165) is 17.0 Å². The van der Waals surface area contributed by atoms with Crippen LogP contribution in [0.1, 0.15) is 69.1 Å². The van der Waals surface area contributed by atoms with E-state index in [1.807, 2.05) is 25.3 Å². The topological polar surface area (TPSA) is 30.7 Å². The zero-order valence-corrected chi connectivity index (χ0v) is 12.8. The number of imidazole rings is 1. The Bertz CT molecular complexity index is 568. The van der Waals surface area contributed by atoms with Crippen molar-refractivity contribution in [2.75, 3.05) is 0 Å². The van der Waals surface area contributed by atoms with E-state index >= 15 is 0 Å². The van der Waals surface area contributed by atoms with Crippen molar-refractivity contribution in [1.82, 2.24) is 14.5 Å². The molecule has 1 unspecified atom stereocenters. The summed E-state index contributed by atoms with van der Waals surface area (Å²) in [7, 11) is 0. The molecule has 0 saturated heterocycles. The number of nitrogens with zero attached hydrogens (tertiary/aromatic N) is 3. The summed E-state index contributed by atoms with van der Waals surface area (Å²) in [6.45, 7) is 2.00. The number of halogens is 1. The van der Waals surface area contributed by atoms with Gasteiger partial charge in [0.2, 0.25) is 0 Å². The number of fused-ring (bicyclic) bond motifs is 1. The standard InChI is InChI=1S/C16H22ClN3/c1-12(17)15-19-14-10-7-11-18-16(14)20(15)13-8-5-3-2-4-6-9-13/h7,10-13H,2-6,8-9H2,1H3. The lowest BCUT2D eigenvalue weighted by molar-refractivity contribution is 0.369. The molecule has 4 heteroatoms. The van der Waals surface area contributed by atoms with Gasteiger partial charge in [-0.25, -0.2) is 9.97 Å². The Morgan fingerprint density at radius 1 is 1.20 bits per heavy atom. The molecule has 3 rings (SSSR count). The van der Waals surface area contributed by atoms with E-state index < -0.39 is 0 Å². The van der Waals surface area contributed by atoms with Gasteiger partial charge in [-0.15, -0.1) is 11.6 Å². The van der Waals surface area contributed by atoms with Crippen molar-refractivity contribution in [3.63, 3.8) is 0 Å². The largest absolute Gasteiger partial charge is 0.308 e. The summed E-state index contributed by atoms with van der Waals surface area (Å²) in [6, 6.07) is 4.48. The van der Waals surface area contributed by atoms with Crippen LogP contribution in [0.25, 0.3) is 11.2 Å². The average molecular weight is 292 g/mol. The first-order chi connectivity index (χ1) is 9.77. The highest BCUT2D eigenvalue weighted by molar-refractivity contribution is 6.20. The maximum atomic E-state index is 6.36. The molecule has 1 saturated carbocycles. The van der Waals surface area contributed by atoms with Crippen molar-refractivity contribution in [3.8, 4) is 0 Å². The molecule has 1 atom stereocenters. The second-order valence-corrected chi connectivity index (χ2v) is 6.46. The average Bonchev–Trinajstić information content (AvgIpc) is 2.78. The molecule has 1 aliphatic carbocycles. The Balaban J connectivity index is 2.04. The molecule has 2 aromatic rings. The van der Waals surface area contributed by atoms with Gasteiger partial charge in [0, 0.05) is 12.2 Å². The Hall–Kier alpha value is -1.09. The Labute approximate surface area is 125 Å². The number of hydrogen-bond donors (Lipinski definition) is 0. The molecule has 20 heavy (non-hydrogen) atoms. The molecule has 0 aliphatic heterocycles. The maximum absolute atomic E-state index is 6.36. The third-order valence-electron chi connectivity index (χ3n) is 4.27. The fourth-order valence-electron chi connectivity index (χ4n) is 3.28. The second-order valence-electron chi connectivity index (χ2n) is 5.80. The molecule has 0 radical (unpaired) electrons. The van der Waals surface area contributed by atoms with E-state index in [9.17, 15) is 0 Å². The van der Waals surface area contributed by atoms with E-state index in [1.165, 1.54) is 44.9 Å². The van der Waals surface area contributed by atoms with Crippen LogP contribution in [-0.4, -0.2) is 14.5 Å². The summed E-state index contributed by atoms with van der Waals surface area (Å²) in [5.41, 5.74) is 1.97. The van der Waals surface area contributed by atoms with Gasteiger partial charge >= 0.3 is 0 Å². The number of aromatic nitrogens is 3. The molecule has 0 spiro atoms. The van der Waals surface area contributed by atoms with E-state index in [4.69, 9.17) is 16.6 Å². The lowest BCUT2D eigenvalue weighted by Crippen LogP contribution is -2.15. The van der Waals surface area contributed by atoms with Crippen molar-refractivity contribution in [2.45, 2.75) is 63.3 Å². The molecular weight excluding hydrogens is 270 g/mol. The first kappa shape index (κ1) is 13.9. The molecule has 0 bridgehead atoms. The van der Waals surface area contributed by atoms with Gasteiger partial charge in [0.25, 0.3) is 0 Å². The quantitative estimate of drug-likeness (QED) is 0.728. The lowest BCUT2D eigenvalue weighted by atomic mass is 9.96. The zero-order chi connectivity index (χ0) is 13.9. The molecule has 0 N–H and O–H groups in total. The van der Waals surface area contributed by atoms with Crippen LogP contribution in [-0.2, 0) is 0 Å².